The van der Waals surface area contributed by atoms with Gasteiger partial charge in [0.2, 0.25) is 0 Å². The van der Waals surface area contributed by atoms with E-state index < -0.39 is 0 Å². The van der Waals surface area contributed by atoms with Crippen molar-refractivity contribution in [2.45, 2.75) is 12.8 Å². The summed E-state index contributed by atoms with van der Waals surface area (Å²) >= 11 is 0. The summed E-state index contributed by atoms with van der Waals surface area (Å²) in [5, 5.41) is 17.2. The molecule has 2 fully saturated rings. The highest BCUT2D eigenvalue weighted by atomic mass is 16.3. The molecule has 1 saturated carbocycles. The van der Waals surface area contributed by atoms with Gasteiger partial charge in [0.05, 0.1) is 18.1 Å². The van der Waals surface area contributed by atoms with Gasteiger partial charge in [-0.3, -0.25) is 9.59 Å². The number of amides is 2. The van der Waals surface area contributed by atoms with Crippen LogP contribution < -0.4 is 0 Å². The van der Waals surface area contributed by atoms with E-state index in [0.29, 0.717) is 5.56 Å². The minimum Gasteiger partial charge on any atom is -0.507 e. The highest BCUT2D eigenvalue weighted by Crippen LogP contribution is 2.49. The third-order valence-electron chi connectivity index (χ3n) is 5.99. The molecule has 1 saturated heterocycles. The molecule has 5 heteroatoms. The number of hydrogen-bond donors (Lipinski definition) is 1. The molecule has 5 nitrogen and oxygen atoms in total. The van der Waals surface area contributed by atoms with Crippen LogP contribution in [-0.4, -0.2) is 28.1 Å². The second-order valence-corrected chi connectivity index (χ2v) is 7.29. The fourth-order valence-electron chi connectivity index (χ4n) is 4.71. The standard InChI is InChI=1S/C21H18N2O3/c24-17-10-9-12-3-1-2-4-15(12)16(17)11-22-23-20(25)18-13-5-6-14(8-7-13)19(18)21(23)26/h1-6,9-11,13-14,18-19,24H,7-8H2/b22-11+/t13-,14+,18-,19+. The molecule has 1 heterocycles. The molecule has 3 aliphatic carbocycles. The number of benzene rings is 2. The molecule has 0 unspecified atom stereocenters. The highest BCUT2D eigenvalue weighted by Gasteiger charge is 2.56. The molecule has 0 aromatic heterocycles. The number of carbonyl (C=O) groups is 2. The second kappa shape index (κ2) is 5.53. The Morgan fingerprint density at radius 1 is 0.962 bits per heavy atom. The van der Waals surface area contributed by atoms with Crippen LogP contribution in [0.3, 0.4) is 0 Å². The topological polar surface area (TPSA) is 70.0 Å². The van der Waals surface area contributed by atoms with Crippen molar-refractivity contribution in [3.8, 4) is 5.75 Å². The minimum absolute atomic E-state index is 0.0747. The van der Waals surface area contributed by atoms with E-state index in [1.165, 1.54) is 6.21 Å². The van der Waals surface area contributed by atoms with Crippen LogP contribution >= 0.6 is 0 Å². The molecule has 0 spiro atoms. The van der Waals surface area contributed by atoms with Crippen molar-refractivity contribution in [1.82, 2.24) is 5.01 Å². The van der Waals surface area contributed by atoms with Gasteiger partial charge in [-0.15, -0.1) is 0 Å². The number of phenolic OH excluding ortho intramolecular Hbond substituents is 1. The van der Waals surface area contributed by atoms with E-state index in [4.69, 9.17) is 0 Å². The van der Waals surface area contributed by atoms with E-state index in [1.54, 1.807) is 6.07 Å². The number of phenols is 1. The quantitative estimate of drug-likeness (QED) is 0.516. The van der Waals surface area contributed by atoms with E-state index in [2.05, 4.69) is 17.3 Å². The molecule has 6 rings (SSSR count). The molecule has 2 aromatic carbocycles. The number of nitrogens with zero attached hydrogens (tertiary/aromatic N) is 2. The summed E-state index contributed by atoms with van der Waals surface area (Å²) in [6.45, 7) is 0. The van der Waals surface area contributed by atoms with Crippen molar-refractivity contribution >= 4 is 28.8 Å². The van der Waals surface area contributed by atoms with E-state index in [-0.39, 0.29) is 41.2 Å². The lowest BCUT2D eigenvalue weighted by atomic mass is 9.63. The number of imide groups is 1. The number of fused-ring (bicyclic) bond motifs is 2. The smallest absolute Gasteiger partial charge is 0.254 e. The van der Waals surface area contributed by atoms with Gasteiger partial charge in [0.1, 0.15) is 5.75 Å². The van der Waals surface area contributed by atoms with E-state index in [1.807, 2.05) is 30.3 Å². The summed E-state index contributed by atoms with van der Waals surface area (Å²) in [5.41, 5.74) is 0.514. The fraction of sp³-hybridized carbons (Fsp3) is 0.286. The van der Waals surface area contributed by atoms with Gasteiger partial charge in [-0.05, 0) is 41.5 Å². The molecular weight excluding hydrogens is 328 g/mol. The predicted octanol–water partition coefficient (Wildman–Crippen LogP) is 3.08. The van der Waals surface area contributed by atoms with Gasteiger partial charge in [-0.25, -0.2) is 0 Å². The zero-order valence-corrected chi connectivity index (χ0v) is 14.1. The first-order valence-corrected chi connectivity index (χ1v) is 8.96. The summed E-state index contributed by atoms with van der Waals surface area (Å²) in [7, 11) is 0. The number of hydrazone groups is 1. The van der Waals surface area contributed by atoms with Crippen LogP contribution in [0.25, 0.3) is 10.8 Å². The Morgan fingerprint density at radius 2 is 1.62 bits per heavy atom. The minimum atomic E-state index is -0.274. The first kappa shape index (κ1) is 15.3. The third kappa shape index (κ3) is 2.06. The van der Waals surface area contributed by atoms with Crippen molar-refractivity contribution in [3.05, 3.63) is 54.1 Å². The van der Waals surface area contributed by atoms with Gasteiger partial charge in [0.15, 0.2) is 0 Å². The van der Waals surface area contributed by atoms with Gasteiger partial charge >= 0.3 is 0 Å². The third-order valence-corrected chi connectivity index (χ3v) is 5.99. The van der Waals surface area contributed by atoms with Crippen LogP contribution in [0.15, 0.2) is 53.7 Å². The number of rotatable bonds is 2. The summed E-state index contributed by atoms with van der Waals surface area (Å²) in [5.74, 6) is -0.606. The Bertz CT molecular complexity index is 962. The van der Waals surface area contributed by atoms with Gasteiger partial charge in [-0.1, -0.05) is 42.5 Å². The number of carbonyl (C=O) groups excluding carboxylic acids is 2. The fourth-order valence-corrected chi connectivity index (χ4v) is 4.71. The summed E-state index contributed by atoms with van der Waals surface area (Å²) in [6, 6.07) is 11.0. The molecule has 2 aromatic rings. The van der Waals surface area contributed by atoms with E-state index in [9.17, 15) is 14.7 Å². The van der Waals surface area contributed by atoms with Crippen LogP contribution in [0.5, 0.6) is 5.75 Å². The van der Waals surface area contributed by atoms with Crippen molar-refractivity contribution in [1.29, 1.82) is 0 Å². The van der Waals surface area contributed by atoms with Crippen LogP contribution in [-0.2, 0) is 9.59 Å². The average molecular weight is 346 g/mol. The molecule has 2 amide bonds. The molecule has 0 radical (unpaired) electrons. The molecule has 4 aliphatic rings. The largest absolute Gasteiger partial charge is 0.507 e. The highest BCUT2D eigenvalue weighted by molar-refractivity contribution is 6.08. The molecule has 1 N–H and O–H groups in total. The Hall–Kier alpha value is -2.95. The number of hydrogen-bond acceptors (Lipinski definition) is 4. The summed E-state index contributed by atoms with van der Waals surface area (Å²) < 4.78 is 0. The van der Waals surface area contributed by atoms with Crippen molar-refractivity contribution < 1.29 is 14.7 Å². The Morgan fingerprint density at radius 3 is 2.27 bits per heavy atom. The molecule has 2 bridgehead atoms. The molecule has 1 aliphatic heterocycles. The Kier molecular flexibility index (Phi) is 3.26. The molecule has 130 valence electrons. The number of aromatic hydroxyl groups is 1. The maximum absolute atomic E-state index is 12.8. The molecule has 4 atom stereocenters. The van der Waals surface area contributed by atoms with Gasteiger partial charge in [0.25, 0.3) is 11.8 Å². The van der Waals surface area contributed by atoms with Crippen LogP contribution in [0.4, 0.5) is 0 Å². The van der Waals surface area contributed by atoms with Crippen LogP contribution in [0.1, 0.15) is 18.4 Å². The summed E-state index contributed by atoms with van der Waals surface area (Å²) in [6.07, 6.45) is 7.53. The van der Waals surface area contributed by atoms with Crippen molar-refractivity contribution in [2.24, 2.45) is 28.8 Å². The van der Waals surface area contributed by atoms with Crippen molar-refractivity contribution in [3.63, 3.8) is 0 Å². The van der Waals surface area contributed by atoms with E-state index >= 15 is 0 Å². The van der Waals surface area contributed by atoms with Crippen LogP contribution in [0, 0.1) is 23.7 Å². The average Bonchev–Trinajstić information content (AvgIpc) is 2.95. The van der Waals surface area contributed by atoms with E-state index in [0.717, 1.165) is 28.6 Å². The van der Waals surface area contributed by atoms with Crippen LogP contribution in [0.2, 0.25) is 0 Å². The molecule has 26 heavy (non-hydrogen) atoms. The summed E-state index contributed by atoms with van der Waals surface area (Å²) in [4.78, 5) is 25.6. The monoisotopic (exact) mass is 346 g/mol. The predicted molar refractivity (Wildman–Crippen MR) is 97.4 cm³/mol. The molecular formula is C21H18N2O3. The Balaban J connectivity index is 1.52. The second-order valence-electron chi connectivity index (χ2n) is 7.29. The van der Waals surface area contributed by atoms with Crippen molar-refractivity contribution in [2.75, 3.05) is 0 Å². The van der Waals surface area contributed by atoms with Gasteiger partial charge in [0, 0.05) is 5.56 Å². The first-order chi connectivity index (χ1) is 12.6. The van der Waals surface area contributed by atoms with Gasteiger partial charge < -0.3 is 5.11 Å². The SMILES string of the molecule is O=C1[C@@H]2[C@H](C(=O)N1/N=C/c1c(O)ccc3ccccc13)[C@@H]1C=C[C@H]2CC1. The lowest BCUT2D eigenvalue weighted by Gasteiger charge is -2.37. The van der Waals surface area contributed by atoms with Gasteiger partial charge in [-0.2, -0.15) is 10.1 Å². The lowest BCUT2D eigenvalue weighted by molar-refractivity contribution is -0.140. The number of allylic oxidation sites excluding steroid dienone is 2. The zero-order chi connectivity index (χ0) is 17.8. The Labute approximate surface area is 150 Å². The normalized spacial score (nSPS) is 29.9. The lowest BCUT2D eigenvalue weighted by Crippen LogP contribution is -2.38. The maximum Gasteiger partial charge on any atom is 0.254 e. The maximum atomic E-state index is 12.8. The zero-order valence-electron chi connectivity index (χ0n) is 14.1. The first-order valence-electron chi connectivity index (χ1n) is 8.96.